The quantitative estimate of drug-likeness (QED) is 0.868. The van der Waals surface area contributed by atoms with Gasteiger partial charge in [0.05, 0.1) is 29.5 Å². The fourth-order valence-corrected chi connectivity index (χ4v) is 2.06. The van der Waals surface area contributed by atoms with E-state index in [1.165, 1.54) is 5.56 Å². The number of halogens is 1. The van der Waals surface area contributed by atoms with Crippen molar-refractivity contribution in [3.63, 3.8) is 0 Å². The minimum atomic E-state index is 0.759. The minimum absolute atomic E-state index is 0.759. The highest BCUT2D eigenvalue weighted by Crippen LogP contribution is 2.21. The van der Waals surface area contributed by atoms with Crippen LogP contribution in [0.3, 0.4) is 0 Å². The van der Waals surface area contributed by atoms with Gasteiger partial charge in [-0.3, -0.25) is 4.68 Å². The summed E-state index contributed by atoms with van der Waals surface area (Å²) in [5, 5.41) is 4.49. The molecule has 0 bridgehead atoms. The first-order chi connectivity index (χ1) is 8.11. The van der Waals surface area contributed by atoms with Crippen LogP contribution in [0.15, 0.2) is 28.7 Å². The molecule has 0 spiro atoms. The molecule has 90 valence electrons. The van der Waals surface area contributed by atoms with E-state index in [1.54, 1.807) is 7.11 Å². The maximum atomic E-state index is 5.21. The molecule has 3 nitrogen and oxygen atoms in total. The van der Waals surface area contributed by atoms with Gasteiger partial charge in [-0.05, 0) is 47.5 Å². The van der Waals surface area contributed by atoms with Crippen molar-refractivity contribution in [3.8, 4) is 5.75 Å². The lowest BCUT2D eigenvalue weighted by molar-refractivity contribution is 0.414. The summed E-state index contributed by atoms with van der Waals surface area (Å²) in [4.78, 5) is 0. The molecule has 2 aromatic rings. The van der Waals surface area contributed by atoms with E-state index in [2.05, 4.69) is 34.0 Å². The largest absolute Gasteiger partial charge is 0.497 e. The van der Waals surface area contributed by atoms with Crippen LogP contribution < -0.4 is 4.74 Å². The van der Waals surface area contributed by atoms with Gasteiger partial charge in [0.1, 0.15) is 5.75 Å². The highest BCUT2D eigenvalue weighted by Gasteiger charge is 2.08. The topological polar surface area (TPSA) is 27.1 Å². The maximum Gasteiger partial charge on any atom is 0.119 e. The molecule has 0 atom stereocenters. The molecule has 0 aliphatic rings. The molecule has 1 aromatic carbocycles. The third kappa shape index (κ3) is 2.52. The number of aromatic nitrogens is 2. The van der Waals surface area contributed by atoms with Crippen molar-refractivity contribution in [1.82, 2.24) is 9.78 Å². The zero-order chi connectivity index (χ0) is 12.4. The van der Waals surface area contributed by atoms with Crippen molar-refractivity contribution in [3.05, 3.63) is 45.7 Å². The van der Waals surface area contributed by atoms with E-state index in [9.17, 15) is 0 Å². The number of hydrogen-bond donors (Lipinski definition) is 0. The Hall–Kier alpha value is -1.29. The lowest BCUT2D eigenvalue weighted by Gasteiger charge is -2.06. The van der Waals surface area contributed by atoms with Crippen LogP contribution in [0.4, 0.5) is 0 Å². The van der Waals surface area contributed by atoms with E-state index < -0.39 is 0 Å². The van der Waals surface area contributed by atoms with Gasteiger partial charge >= 0.3 is 0 Å². The molecule has 1 aromatic heterocycles. The number of aryl methyl sites for hydroxylation is 1. The zero-order valence-corrected chi connectivity index (χ0v) is 11.8. The Morgan fingerprint density at radius 1 is 1.35 bits per heavy atom. The summed E-state index contributed by atoms with van der Waals surface area (Å²) in [6.45, 7) is 4.82. The van der Waals surface area contributed by atoms with Gasteiger partial charge in [0.15, 0.2) is 0 Å². The van der Waals surface area contributed by atoms with Gasteiger partial charge in [-0.2, -0.15) is 5.10 Å². The molecular weight excluding hydrogens is 280 g/mol. The predicted octanol–water partition coefficient (Wildman–Crippen LogP) is 3.32. The molecule has 0 radical (unpaired) electrons. The standard InChI is InChI=1S/C13H15BrN2O/c1-9-13(14)10(2)16(15-9)8-11-5-4-6-12(7-11)17-3/h4-7H,8H2,1-3H3. The van der Waals surface area contributed by atoms with Gasteiger partial charge in [0.2, 0.25) is 0 Å². The second-order valence-electron chi connectivity index (χ2n) is 3.99. The van der Waals surface area contributed by atoms with E-state index in [-0.39, 0.29) is 0 Å². The summed E-state index contributed by atoms with van der Waals surface area (Å²) in [5.41, 5.74) is 3.35. The molecule has 0 amide bonds. The van der Waals surface area contributed by atoms with Crippen molar-refractivity contribution in [2.45, 2.75) is 20.4 Å². The molecule has 0 saturated carbocycles. The number of benzene rings is 1. The molecule has 0 fully saturated rings. The monoisotopic (exact) mass is 294 g/mol. The van der Waals surface area contributed by atoms with Crippen LogP contribution in [0.25, 0.3) is 0 Å². The number of ether oxygens (including phenoxy) is 1. The molecule has 0 aliphatic heterocycles. The molecule has 2 rings (SSSR count). The van der Waals surface area contributed by atoms with Gasteiger partial charge in [-0.25, -0.2) is 0 Å². The second-order valence-corrected chi connectivity index (χ2v) is 4.79. The first-order valence-electron chi connectivity index (χ1n) is 5.44. The number of hydrogen-bond acceptors (Lipinski definition) is 2. The van der Waals surface area contributed by atoms with Crippen molar-refractivity contribution in [2.75, 3.05) is 7.11 Å². The molecular formula is C13H15BrN2O. The van der Waals surface area contributed by atoms with E-state index in [1.807, 2.05) is 29.8 Å². The second kappa shape index (κ2) is 4.92. The Kier molecular flexibility index (Phi) is 3.52. The number of rotatable bonds is 3. The third-order valence-electron chi connectivity index (χ3n) is 2.76. The van der Waals surface area contributed by atoms with Crippen molar-refractivity contribution in [2.24, 2.45) is 0 Å². The summed E-state index contributed by atoms with van der Waals surface area (Å²) < 4.78 is 8.29. The van der Waals surface area contributed by atoms with Gasteiger partial charge in [-0.1, -0.05) is 12.1 Å². The Morgan fingerprint density at radius 2 is 2.12 bits per heavy atom. The lowest BCUT2D eigenvalue weighted by Crippen LogP contribution is -2.04. The van der Waals surface area contributed by atoms with E-state index >= 15 is 0 Å². The third-order valence-corrected chi connectivity index (χ3v) is 3.91. The van der Waals surface area contributed by atoms with Crippen LogP contribution in [0.2, 0.25) is 0 Å². The SMILES string of the molecule is COc1cccc(Cn2nc(C)c(Br)c2C)c1. The van der Waals surface area contributed by atoms with Gasteiger partial charge < -0.3 is 4.74 Å². The summed E-state index contributed by atoms with van der Waals surface area (Å²) in [6, 6.07) is 8.05. The summed E-state index contributed by atoms with van der Waals surface area (Å²) in [7, 11) is 1.68. The summed E-state index contributed by atoms with van der Waals surface area (Å²) in [6.07, 6.45) is 0. The predicted molar refractivity (Wildman–Crippen MR) is 71.5 cm³/mol. The lowest BCUT2D eigenvalue weighted by atomic mass is 10.2. The zero-order valence-electron chi connectivity index (χ0n) is 10.2. The highest BCUT2D eigenvalue weighted by molar-refractivity contribution is 9.10. The number of methoxy groups -OCH3 is 1. The Labute approximate surface area is 110 Å². The average molecular weight is 295 g/mol. The normalized spacial score (nSPS) is 10.6. The fraction of sp³-hybridized carbons (Fsp3) is 0.308. The molecule has 4 heteroatoms. The molecule has 0 saturated heterocycles. The van der Waals surface area contributed by atoms with Crippen LogP contribution in [0.1, 0.15) is 17.0 Å². The van der Waals surface area contributed by atoms with Gasteiger partial charge in [-0.15, -0.1) is 0 Å². The Balaban J connectivity index is 2.28. The van der Waals surface area contributed by atoms with Crippen molar-refractivity contribution < 1.29 is 4.74 Å². The fourth-order valence-electron chi connectivity index (χ4n) is 1.77. The molecule has 1 heterocycles. The van der Waals surface area contributed by atoms with Gasteiger partial charge in [0.25, 0.3) is 0 Å². The van der Waals surface area contributed by atoms with Crippen molar-refractivity contribution >= 4 is 15.9 Å². The molecule has 0 unspecified atom stereocenters. The number of nitrogens with zero attached hydrogens (tertiary/aromatic N) is 2. The van der Waals surface area contributed by atoms with E-state index in [0.29, 0.717) is 0 Å². The van der Waals surface area contributed by atoms with E-state index in [0.717, 1.165) is 28.2 Å². The summed E-state index contributed by atoms with van der Waals surface area (Å²) >= 11 is 3.53. The van der Waals surface area contributed by atoms with Crippen LogP contribution in [-0.4, -0.2) is 16.9 Å². The Bertz CT molecular complexity index is 534. The smallest absolute Gasteiger partial charge is 0.119 e. The average Bonchev–Trinajstić information content (AvgIpc) is 2.57. The first kappa shape index (κ1) is 12.2. The van der Waals surface area contributed by atoms with Crippen LogP contribution in [0.5, 0.6) is 5.75 Å². The highest BCUT2D eigenvalue weighted by atomic mass is 79.9. The molecule has 0 aliphatic carbocycles. The van der Waals surface area contributed by atoms with Crippen LogP contribution in [-0.2, 0) is 6.54 Å². The van der Waals surface area contributed by atoms with Crippen molar-refractivity contribution in [1.29, 1.82) is 0 Å². The maximum absolute atomic E-state index is 5.21. The van der Waals surface area contributed by atoms with Crippen LogP contribution in [0, 0.1) is 13.8 Å². The summed E-state index contributed by atoms with van der Waals surface area (Å²) in [5.74, 6) is 0.878. The van der Waals surface area contributed by atoms with E-state index in [4.69, 9.17) is 4.74 Å². The first-order valence-corrected chi connectivity index (χ1v) is 6.23. The van der Waals surface area contributed by atoms with Gasteiger partial charge in [0, 0.05) is 0 Å². The van der Waals surface area contributed by atoms with Crippen LogP contribution >= 0.6 is 15.9 Å². The minimum Gasteiger partial charge on any atom is -0.497 e. The molecule has 17 heavy (non-hydrogen) atoms. The molecule has 0 N–H and O–H groups in total. The Morgan fingerprint density at radius 3 is 2.71 bits per heavy atom.